The molecule has 0 saturated carbocycles. The fraction of sp³-hybridized carbons (Fsp3) is 0.290. The first kappa shape index (κ1) is 25.6. The molecule has 0 spiro atoms. The average Bonchev–Trinajstić information content (AvgIpc) is 2.92. The van der Waals surface area contributed by atoms with Crippen LogP contribution in [0.1, 0.15) is 24.5 Å². The van der Waals surface area contributed by atoms with Crippen molar-refractivity contribution in [3.05, 3.63) is 97.2 Å². The lowest BCUT2D eigenvalue weighted by atomic mass is 9.71. The molecule has 3 fully saturated rings. The highest BCUT2D eigenvalue weighted by Gasteiger charge is 2.54. The van der Waals surface area contributed by atoms with Crippen LogP contribution in [0.25, 0.3) is 21.7 Å². The van der Waals surface area contributed by atoms with Crippen LogP contribution in [-0.4, -0.2) is 46.2 Å². The Morgan fingerprint density at radius 3 is 2.68 bits per heavy atom. The number of hydrogen-bond donors (Lipinski definition) is 2. The van der Waals surface area contributed by atoms with Crippen molar-refractivity contribution >= 4 is 33.3 Å². The Balaban J connectivity index is 0.00000280. The summed E-state index contributed by atoms with van der Waals surface area (Å²) in [6.07, 6.45) is 5.11. The molecule has 190 valence electrons. The van der Waals surface area contributed by atoms with Gasteiger partial charge in [0, 0.05) is 41.4 Å². The van der Waals surface area contributed by atoms with E-state index in [9.17, 15) is 9.90 Å². The van der Waals surface area contributed by atoms with Crippen LogP contribution in [0.5, 0.6) is 0 Å². The van der Waals surface area contributed by atoms with Gasteiger partial charge < -0.3 is 31.9 Å². The van der Waals surface area contributed by atoms with Gasteiger partial charge in [0.25, 0.3) is 5.91 Å². The van der Waals surface area contributed by atoms with E-state index in [1.54, 1.807) is 6.20 Å². The van der Waals surface area contributed by atoms with Crippen molar-refractivity contribution in [3.63, 3.8) is 0 Å². The summed E-state index contributed by atoms with van der Waals surface area (Å²) in [5.41, 5.74) is 2.62. The molecular formula is C31H32BrN3O2. The monoisotopic (exact) mass is 557 g/mol. The first-order valence-corrected chi connectivity index (χ1v) is 12.9. The van der Waals surface area contributed by atoms with Gasteiger partial charge in [0.05, 0.1) is 18.6 Å². The number of benzene rings is 3. The average molecular weight is 559 g/mol. The number of aliphatic hydroxyl groups excluding tert-OH is 1. The molecule has 7 rings (SSSR count). The molecule has 5 atom stereocenters. The molecule has 0 aliphatic carbocycles. The standard InChI is InChI=1S/C31H31N3O2.BrH/c1-2-21-19-34(20-30(35)33-28-13-7-9-22-8-3-4-10-24(22)28)17-15-23(21)18-29(34)31(36)26-14-16-32-27-12-6-5-11-25(26)27;/h2-14,16,21,23,29,31,36H,1,15,17-20H2;1H/t21?,23?,29?,31?,34-;/m0./s1. The van der Waals surface area contributed by atoms with E-state index in [2.05, 4.69) is 35.1 Å². The third-order valence-corrected chi connectivity index (χ3v) is 8.56. The number of rotatable bonds is 6. The normalized spacial score (nSPS) is 25.4. The van der Waals surface area contributed by atoms with Crippen molar-refractivity contribution in [2.24, 2.45) is 11.8 Å². The molecule has 4 unspecified atom stereocenters. The molecule has 1 aromatic heterocycles. The summed E-state index contributed by atoms with van der Waals surface area (Å²) in [6.45, 7) is 6.17. The van der Waals surface area contributed by atoms with Crippen molar-refractivity contribution in [2.75, 3.05) is 25.0 Å². The number of aliphatic hydroxyl groups is 1. The molecule has 3 aromatic carbocycles. The lowest BCUT2D eigenvalue weighted by Crippen LogP contribution is -3.00. The molecule has 5 nitrogen and oxygen atoms in total. The molecule has 37 heavy (non-hydrogen) atoms. The van der Waals surface area contributed by atoms with Crippen molar-refractivity contribution in [1.82, 2.24) is 4.98 Å². The number of fused-ring (bicyclic) bond motifs is 5. The van der Waals surface area contributed by atoms with E-state index in [1.165, 1.54) is 0 Å². The molecule has 2 N–H and O–H groups in total. The van der Waals surface area contributed by atoms with Crippen LogP contribution in [0, 0.1) is 11.8 Å². The number of nitrogens with zero attached hydrogens (tertiary/aromatic N) is 2. The predicted molar refractivity (Wildman–Crippen MR) is 144 cm³/mol. The SMILES string of the molecule is C=CC1C[N@+]2(CC(=O)Nc3cccc4ccccc34)CCC1CC2C(O)c1ccnc2ccccc12.[Br-]. The number of anilines is 1. The van der Waals surface area contributed by atoms with E-state index in [4.69, 9.17) is 0 Å². The number of carbonyl (C=O) groups excluding carboxylic acids is 1. The van der Waals surface area contributed by atoms with Gasteiger partial charge in [-0.05, 0) is 35.1 Å². The summed E-state index contributed by atoms with van der Waals surface area (Å²) in [5.74, 6) is 0.851. The van der Waals surface area contributed by atoms with Gasteiger partial charge in [-0.15, -0.1) is 6.58 Å². The molecule has 0 radical (unpaired) electrons. The van der Waals surface area contributed by atoms with Gasteiger partial charge in [0.1, 0.15) is 12.1 Å². The summed E-state index contributed by atoms with van der Waals surface area (Å²) in [4.78, 5) is 18.1. The minimum Gasteiger partial charge on any atom is -1.00 e. The highest BCUT2D eigenvalue weighted by atomic mass is 79.9. The summed E-state index contributed by atoms with van der Waals surface area (Å²) < 4.78 is 0.585. The van der Waals surface area contributed by atoms with E-state index in [0.717, 1.165) is 58.9 Å². The van der Waals surface area contributed by atoms with Gasteiger partial charge >= 0.3 is 0 Å². The van der Waals surface area contributed by atoms with Crippen molar-refractivity contribution < 1.29 is 31.4 Å². The molecule has 2 bridgehead atoms. The van der Waals surface area contributed by atoms with E-state index in [-0.39, 0.29) is 28.9 Å². The van der Waals surface area contributed by atoms with Crippen LogP contribution in [0.15, 0.2) is 91.6 Å². The van der Waals surface area contributed by atoms with Gasteiger partial charge in [-0.3, -0.25) is 9.78 Å². The molecule has 4 aromatic rings. The van der Waals surface area contributed by atoms with Gasteiger partial charge in [-0.1, -0.05) is 60.7 Å². The third-order valence-electron chi connectivity index (χ3n) is 8.56. The smallest absolute Gasteiger partial charge is 0.279 e. The van der Waals surface area contributed by atoms with Gasteiger partial charge in [0.15, 0.2) is 6.54 Å². The molecule has 4 heterocycles. The van der Waals surface area contributed by atoms with Crippen molar-refractivity contribution in [3.8, 4) is 0 Å². The van der Waals surface area contributed by atoms with Crippen LogP contribution >= 0.6 is 0 Å². The molecule has 1 amide bonds. The van der Waals surface area contributed by atoms with E-state index in [1.807, 2.05) is 60.7 Å². The number of aromatic nitrogens is 1. The number of quaternary nitrogens is 1. The zero-order chi connectivity index (χ0) is 24.7. The van der Waals surface area contributed by atoms with E-state index >= 15 is 0 Å². The number of pyridine rings is 1. The molecule has 3 aliphatic heterocycles. The highest BCUT2D eigenvalue weighted by Crippen LogP contribution is 2.47. The summed E-state index contributed by atoms with van der Waals surface area (Å²) in [7, 11) is 0. The second-order valence-corrected chi connectivity index (χ2v) is 10.5. The Bertz CT molecular complexity index is 1450. The first-order valence-electron chi connectivity index (χ1n) is 12.9. The minimum absolute atomic E-state index is 0. The Labute approximate surface area is 228 Å². The number of hydrogen-bond acceptors (Lipinski definition) is 3. The van der Waals surface area contributed by atoms with Crippen LogP contribution in [0.4, 0.5) is 5.69 Å². The number of nitrogens with one attached hydrogen (secondary N) is 1. The minimum atomic E-state index is -0.670. The zero-order valence-corrected chi connectivity index (χ0v) is 22.3. The van der Waals surface area contributed by atoms with Gasteiger partial charge in [-0.2, -0.15) is 0 Å². The Kier molecular flexibility index (Phi) is 7.17. The van der Waals surface area contributed by atoms with E-state index in [0.29, 0.717) is 22.9 Å². The highest BCUT2D eigenvalue weighted by molar-refractivity contribution is 6.02. The summed E-state index contributed by atoms with van der Waals surface area (Å²) in [5, 5.41) is 18.2. The van der Waals surface area contributed by atoms with Crippen LogP contribution < -0.4 is 22.3 Å². The summed E-state index contributed by atoms with van der Waals surface area (Å²) in [6, 6.07) is 24.0. The van der Waals surface area contributed by atoms with Crippen LogP contribution in [-0.2, 0) is 4.79 Å². The number of para-hydroxylation sites is 1. The molecule has 3 aliphatic rings. The second-order valence-electron chi connectivity index (χ2n) is 10.5. The number of piperidine rings is 3. The Hall–Kier alpha value is -3.06. The number of halogens is 1. The van der Waals surface area contributed by atoms with Gasteiger partial charge in [0.2, 0.25) is 0 Å². The second kappa shape index (κ2) is 10.4. The van der Waals surface area contributed by atoms with Crippen LogP contribution in [0.3, 0.4) is 0 Å². The first-order chi connectivity index (χ1) is 17.6. The molecule has 6 heteroatoms. The number of amides is 1. The van der Waals surface area contributed by atoms with Crippen molar-refractivity contribution in [1.29, 1.82) is 0 Å². The largest absolute Gasteiger partial charge is 1.00 e. The predicted octanol–water partition coefficient (Wildman–Crippen LogP) is 2.48. The third kappa shape index (κ3) is 4.58. The zero-order valence-electron chi connectivity index (χ0n) is 20.8. The maximum Gasteiger partial charge on any atom is 0.279 e. The summed E-state index contributed by atoms with van der Waals surface area (Å²) >= 11 is 0. The number of carbonyl (C=O) groups is 1. The van der Waals surface area contributed by atoms with Gasteiger partial charge in [-0.25, -0.2) is 0 Å². The maximum absolute atomic E-state index is 13.6. The lowest BCUT2D eigenvalue weighted by Gasteiger charge is -2.57. The lowest BCUT2D eigenvalue weighted by molar-refractivity contribution is -0.966. The Morgan fingerprint density at radius 2 is 1.84 bits per heavy atom. The molecule has 3 saturated heterocycles. The van der Waals surface area contributed by atoms with Crippen LogP contribution in [0.2, 0.25) is 0 Å². The molecular weight excluding hydrogens is 526 g/mol. The quantitative estimate of drug-likeness (QED) is 0.283. The fourth-order valence-corrected chi connectivity index (χ4v) is 6.77. The maximum atomic E-state index is 13.6. The fourth-order valence-electron chi connectivity index (χ4n) is 6.77. The van der Waals surface area contributed by atoms with Crippen molar-refractivity contribution in [2.45, 2.75) is 25.0 Å². The van der Waals surface area contributed by atoms with E-state index < -0.39 is 6.10 Å². The topological polar surface area (TPSA) is 62.2 Å². The Morgan fingerprint density at radius 1 is 1.08 bits per heavy atom.